The van der Waals surface area contributed by atoms with Crippen molar-refractivity contribution >= 4 is 0 Å². The van der Waals surface area contributed by atoms with Crippen LogP contribution in [0.3, 0.4) is 0 Å². The molecule has 1 aromatic carbocycles. The summed E-state index contributed by atoms with van der Waals surface area (Å²) in [7, 11) is 0. The highest BCUT2D eigenvalue weighted by Crippen LogP contribution is 2.10. The zero-order chi connectivity index (χ0) is 13.5. The van der Waals surface area contributed by atoms with Crippen molar-refractivity contribution in [2.45, 2.75) is 19.6 Å². The van der Waals surface area contributed by atoms with E-state index in [-0.39, 0.29) is 5.82 Å². The van der Waals surface area contributed by atoms with E-state index >= 15 is 0 Å². The molecular weight excluding hydrogens is 243 g/mol. The van der Waals surface area contributed by atoms with Crippen molar-refractivity contribution in [3.63, 3.8) is 0 Å². The lowest BCUT2D eigenvalue weighted by Crippen LogP contribution is -2.03. The summed E-state index contributed by atoms with van der Waals surface area (Å²) in [6.45, 7) is 1.28. The Morgan fingerprint density at radius 1 is 1.16 bits per heavy atom. The van der Waals surface area contributed by atoms with E-state index in [1.807, 2.05) is 24.3 Å². The quantitative estimate of drug-likeness (QED) is 0.811. The Hall–Kier alpha value is -1.78. The molecule has 4 heteroatoms. The van der Waals surface area contributed by atoms with E-state index in [2.05, 4.69) is 4.98 Å². The standard InChI is InChI=1S/C15H17FN2O/c16-14-8-12(10-17)7-13(9-14)11-19-6-4-15-3-1-2-5-18-15/h1-3,5,7-9H,4,6,10-11,17H2. The van der Waals surface area contributed by atoms with Crippen LogP contribution in [0.2, 0.25) is 0 Å². The molecule has 1 aromatic heterocycles. The smallest absolute Gasteiger partial charge is 0.123 e. The third-order valence-corrected chi connectivity index (χ3v) is 2.75. The van der Waals surface area contributed by atoms with Crippen molar-refractivity contribution in [3.8, 4) is 0 Å². The van der Waals surface area contributed by atoms with Gasteiger partial charge in [-0.2, -0.15) is 0 Å². The number of rotatable bonds is 6. The Kier molecular flexibility index (Phi) is 5.01. The van der Waals surface area contributed by atoms with Crippen molar-refractivity contribution in [2.24, 2.45) is 5.73 Å². The number of benzene rings is 1. The van der Waals surface area contributed by atoms with Crippen molar-refractivity contribution < 1.29 is 9.13 Å². The predicted octanol–water partition coefficient (Wildman–Crippen LogP) is 2.44. The van der Waals surface area contributed by atoms with Crippen LogP contribution in [-0.4, -0.2) is 11.6 Å². The lowest BCUT2D eigenvalue weighted by molar-refractivity contribution is 0.123. The molecule has 0 aliphatic carbocycles. The van der Waals surface area contributed by atoms with Crippen LogP contribution in [0.4, 0.5) is 4.39 Å². The first-order valence-electron chi connectivity index (χ1n) is 6.24. The summed E-state index contributed by atoms with van der Waals surface area (Å²) in [5, 5.41) is 0. The fourth-order valence-corrected chi connectivity index (χ4v) is 1.83. The molecule has 0 unspecified atom stereocenters. The molecule has 0 fully saturated rings. The number of aromatic nitrogens is 1. The summed E-state index contributed by atoms with van der Waals surface area (Å²) < 4.78 is 18.8. The SMILES string of the molecule is NCc1cc(F)cc(COCCc2ccccn2)c1. The van der Waals surface area contributed by atoms with Crippen LogP contribution in [0, 0.1) is 5.82 Å². The van der Waals surface area contributed by atoms with Gasteiger partial charge in [-0.25, -0.2) is 4.39 Å². The predicted molar refractivity (Wildman–Crippen MR) is 71.9 cm³/mol. The summed E-state index contributed by atoms with van der Waals surface area (Å²) in [5.41, 5.74) is 8.08. The molecule has 0 saturated carbocycles. The molecule has 0 spiro atoms. The molecule has 0 atom stereocenters. The molecule has 2 aromatic rings. The maximum Gasteiger partial charge on any atom is 0.123 e. The van der Waals surface area contributed by atoms with Crippen molar-refractivity contribution in [1.82, 2.24) is 4.98 Å². The van der Waals surface area contributed by atoms with Crippen LogP contribution in [-0.2, 0) is 24.3 Å². The molecule has 2 rings (SSSR count). The highest BCUT2D eigenvalue weighted by molar-refractivity contribution is 5.24. The van der Waals surface area contributed by atoms with Crippen LogP contribution in [0.5, 0.6) is 0 Å². The molecule has 19 heavy (non-hydrogen) atoms. The Bertz CT molecular complexity index is 517. The number of ether oxygens (including phenoxy) is 1. The van der Waals surface area contributed by atoms with Crippen molar-refractivity contribution in [2.75, 3.05) is 6.61 Å². The average Bonchev–Trinajstić information content (AvgIpc) is 2.44. The van der Waals surface area contributed by atoms with Crippen molar-refractivity contribution in [1.29, 1.82) is 0 Å². The number of halogens is 1. The van der Waals surface area contributed by atoms with E-state index < -0.39 is 0 Å². The van der Waals surface area contributed by atoms with Gasteiger partial charge in [-0.1, -0.05) is 12.1 Å². The van der Waals surface area contributed by atoms with Crippen LogP contribution >= 0.6 is 0 Å². The largest absolute Gasteiger partial charge is 0.376 e. The first kappa shape index (κ1) is 13.6. The molecule has 0 radical (unpaired) electrons. The molecular formula is C15H17FN2O. The van der Waals surface area contributed by atoms with E-state index in [0.29, 0.717) is 19.8 Å². The maximum absolute atomic E-state index is 13.3. The molecule has 0 bridgehead atoms. The van der Waals surface area contributed by atoms with Gasteiger partial charge in [-0.3, -0.25) is 4.98 Å². The zero-order valence-electron chi connectivity index (χ0n) is 10.7. The van der Waals surface area contributed by atoms with E-state index in [1.54, 1.807) is 6.20 Å². The summed E-state index contributed by atoms with van der Waals surface area (Å²) >= 11 is 0. The van der Waals surface area contributed by atoms with Crippen LogP contribution in [0.1, 0.15) is 16.8 Å². The number of pyridine rings is 1. The maximum atomic E-state index is 13.3. The lowest BCUT2D eigenvalue weighted by Gasteiger charge is -2.06. The molecule has 0 amide bonds. The summed E-state index contributed by atoms with van der Waals surface area (Å²) in [6.07, 6.45) is 2.51. The lowest BCUT2D eigenvalue weighted by atomic mass is 10.1. The van der Waals surface area contributed by atoms with Gasteiger partial charge in [0.25, 0.3) is 0 Å². The third-order valence-electron chi connectivity index (χ3n) is 2.75. The molecule has 0 saturated heterocycles. The minimum absolute atomic E-state index is 0.272. The average molecular weight is 260 g/mol. The minimum Gasteiger partial charge on any atom is -0.376 e. The molecule has 1 heterocycles. The van der Waals surface area contributed by atoms with E-state index in [1.165, 1.54) is 12.1 Å². The van der Waals surface area contributed by atoms with Gasteiger partial charge in [0.05, 0.1) is 13.2 Å². The van der Waals surface area contributed by atoms with Gasteiger partial charge in [-0.05, 0) is 35.4 Å². The van der Waals surface area contributed by atoms with Gasteiger partial charge < -0.3 is 10.5 Å². The second-order valence-electron chi connectivity index (χ2n) is 4.30. The molecule has 2 N–H and O–H groups in total. The highest BCUT2D eigenvalue weighted by Gasteiger charge is 2.01. The monoisotopic (exact) mass is 260 g/mol. The Morgan fingerprint density at radius 2 is 2.00 bits per heavy atom. The summed E-state index contributed by atoms with van der Waals surface area (Å²) in [6, 6.07) is 10.6. The molecule has 3 nitrogen and oxygen atoms in total. The van der Waals surface area contributed by atoms with E-state index in [9.17, 15) is 4.39 Å². The van der Waals surface area contributed by atoms with Gasteiger partial charge in [0.2, 0.25) is 0 Å². The van der Waals surface area contributed by atoms with Gasteiger partial charge in [0, 0.05) is 24.9 Å². The Labute approximate surface area is 112 Å². The first-order chi connectivity index (χ1) is 9.28. The molecule has 100 valence electrons. The van der Waals surface area contributed by atoms with Gasteiger partial charge >= 0.3 is 0 Å². The molecule has 0 aliphatic heterocycles. The number of hydrogen-bond donors (Lipinski definition) is 1. The zero-order valence-corrected chi connectivity index (χ0v) is 10.7. The molecule has 0 aliphatic rings. The van der Waals surface area contributed by atoms with E-state index in [4.69, 9.17) is 10.5 Å². The number of hydrogen-bond acceptors (Lipinski definition) is 3. The van der Waals surface area contributed by atoms with Gasteiger partial charge in [-0.15, -0.1) is 0 Å². The second-order valence-corrected chi connectivity index (χ2v) is 4.30. The topological polar surface area (TPSA) is 48.1 Å². The highest BCUT2D eigenvalue weighted by atomic mass is 19.1. The van der Waals surface area contributed by atoms with Gasteiger partial charge in [0.15, 0.2) is 0 Å². The number of nitrogens with two attached hydrogens (primary N) is 1. The Morgan fingerprint density at radius 3 is 2.74 bits per heavy atom. The fourth-order valence-electron chi connectivity index (χ4n) is 1.83. The summed E-state index contributed by atoms with van der Waals surface area (Å²) in [4.78, 5) is 4.21. The first-order valence-corrected chi connectivity index (χ1v) is 6.24. The van der Waals surface area contributed by atoms with Crippen LogP contribution < -0.4 is 5.73 Å². The van der Waals surface area contributed by atoms with Crippen LogP contribution in [0.25, 0.3) is 0 Å². The van der Waals surface area contributed by atoms with Crippen LogP contribution in [0.15, 0.2) is 42.6 Å². The summed E-state index contributed by atoms with van der Waals surface area (Å²) in [5.74, 6) is -0.272. The van der Waals surface area contributed by atoms with Crippen molar-refractivity contribution in [3.05, 3.63) is 65.2 Å². The second kappa shape index (κ2) is 6.97. The van der Waals surface area contributed by atoms with Gasteiger partial charge in [0.1, 0.15) is 5.82 Å². The third kappa shape index (κ3) is 4.43. The van der Waals surface area contributed by atoms with E-state index in [0.717, 1.165) is 23.2 Å². The fraction of sp³-hybridized carbons (Fsp3) is 0.267. The minimum atomic E-state index is -0.272. The number of nitrogens with zero attached hydrogens (tertiary/aromatic N) is 1. The normalized spacial score (nSPS) is 10.6. The Balaban J connectivity index is 1.81.